The first-order valence-corrected chi connectivity index (χ1v) is 9.18. The van der Waals surface area contributed by atoms with Crippen molar-refractivity contribution in [2.45, 2.75) is 18.7 Å². The lowest BCUT2D eigenvalue weighted by atomic mass is 10.2. The number of rotatable bonds is 6. The minimum absolute atomic E-state index is 0.0785. The third kappa shape index (κ3) is 4.87. The first kappa shape index (κ1) is 19.1. The van der Waals surface area contributed by atoms with Gasteiger partial charge in [0.25, 0.3) is 10.0 Å². The van der Waals surface area contributed by atoms with Gasteiger partial charge in [-0.1, -0.05) is 17.7 Å². The molecule has 0 aromatic heterocycles. The molecule has 0 unspecified atom stereocenters. The quantitative estimate of drug-likeness (QED) is 0.774. The summed E-state index contributed by atoms with van der Waals surface area (Å²) in [6, 6.07) is 9.34. The maximum absolute atomic E-state index is 12.6. The summed E-state index contributed by atoms with van der Waals surface area (Å²) in [6.07, 6.45) is 0. The normalized spacial score (nSPS) is 11.0. The van der Waals surface area contributed by atoms with Crippen LogP contribution in [0.15, 0.2) is 41.3 Å². The summed E-state index contributed by atoms with van der Waals surface area (Å²) in [5.74, 6) is -0.113. The minimum Gasteiger partial charge on any atom is -0.482 e. The fourth-order valence-electron chi connectivity index (χ4n) is 2.05. The van der Waals surface area contributed by atoms with E-state index < -0.39 is 16.0 Å². The molecule has 2 rings (SSSR count). The Morgan fingerprint density at radius 1 is 1.12 bits per heavy atom. The van der Waals surface area contributed by atoms with Gasteiger partial charge < -0.3 is 9.47 Å². The van der Waals surface area contributed by atoms with Crippen LogP contribution in [0.25, 0.3) is 0 Å². The number of aryl methyl sites for hydroxylation is 2. The Bertz CT molecular complexity index is 896. The highest BCUT2D eigenvalue weighted by atomic mass is 35.5. The van der Waals surface area contributed by atoms with E-state index in [0.717, 1.165) is 5.56 Å². The SMILES string of the molecule is COC(=O)COc1ccc(S(=O)(=O)Nc2cc(Cl)ccc2C)cc1C. The number of benzene rings is 2. The van der Waals surface area contributed by atoms with Gasteiger partial charge in [0.1, 0.15) is 5.75 Å². The second-order valence-electron chi connectivity index (χ2n) is 5.36. The Balaban J connectivity index is 2.23. The third-order valence-electron chi connectivity index (χ3n) is 3.47. The molecule has 0 radical (unpaired) electrons. The number of methoxy groups -OCH3 is 1. The molecule has 8 heteroatoms. The summed E-state index contributed by atoms with van der Waals surface area (Å²) >= 11 is 5.92. The van der Waals surface area contributed by atoms with Gasteiger partial charge in [-0.15, -0.1) is 0 Å². The van der Waals surface area contributed by atoms with Gasteiger partial charge in [-0.05, 0) is 55.3 Å². The zero-order valence-electron chi connectivity index (χ0n) is 14.0. The monoisotopic (exact) mass is 383 g/mol. The van der Waals surface area contributed by atoms with Gasteiger partial charge in [0.05, 0.1) is 17.7 Å². The Morgan fingerprint density at radius 2 is 1.84 bits per heavy atom. The highest BCUT2D eigenvalue weighted by molar-refractivity contribution is 7.92. The Kier molecular flexibility index (Phi) is 5.92. The molecule has 2 aromatic rings. The molecule has 0 aliphatic carbocycles. The smallest absolute Gasteiger partial charge is 0.343 e. The molecule has 1 N–H and O–H groups in total. The van der Waals surface area contributed by atoms with E-state index in [0.29, 0.717) is 22.0 Å². The summed E-state index contributed by atoms with van der Waals surface area (Å²) in [6.45, 7) is 3.23. The molecule has 0 atom stereocenters. The second kappa shape index (κ2) is 7.76. The molecule has 6 nitrogen and oxygen atoms in total. The molecule has 0 aliphatic rings. The number of anilines is 1. The van der Waals surface area contributed by atoms with Crippen LogP contribution in [0, 0.1) is 13.8 Å². The Labute approximate surface area is 151 Å². The highest BCUT2D eigenvalue weighted by Crippen LogP contribution is 2.26. The van der Waals surface area contributed by atoms with E-state index >= 15 is 0 Å². The van der Waals surface area contributed by atoms with Crippen LogP contribution in [0.5, 0.6) is 5.75 Å². The van der Waals surface area contributed by atoms with E-state index in [1.165, 1.54) is 25.3 Å². The van der Waals surface area contributed by atoms with E-state index in [4.69, 9.17) is 16.3 Å². The van der Waals surface area contributed by atoms with Gasteiger partial charge in [-0.25, -0.2) is 13.2 Å². The molecule has 0 aliphatic heterocycles. The molecule has 0 spiro atoms. The number of hydrogen-bond donors (Lipinski definition) is 1. The molecule has 0 amide bonds. The lowest BCUT2D eigenvalue weighted by molar-refractivity contribution is -0.142. The fourth-order valence-corrected chi connectivity index (χ4v) is 3.43. The van der Waals surface area contributed by atoms with E-state index in [2.05, 4.69) is 9.46 Å². The molecule has 134 valence electrons. The van der Waals surface area contributed by atoms with Gasteiger partial charge in [-0.2, -0.15) is 0 Å². The van der Waals surface area contributed by atoms with Crippen molar-refractivity contribution < 1.29 is 22.7 Å². The predicted octanol–water partition coefficient (Wildman–Crippen LogP) is 3.31. The van der Waals surface area contributed by atoms with Gasteiger partial charge in [0, 0.05) is 5.02 Å². The first-order chi connectivity index (χ1) is 11.7. The van der Waals surface area contributed by atoms with Crippen molar-refractivity contribution >= 4 is 33.3 Å². The van der Waals surface area contributed by atoms with Crippen LogP contribution >= 0.6 is 11.6 Å². The maximum Gasteiger partial charge on any atom is 0.343 e. The molecular weight excluding hydrogens is 366 g/mol. The van der Waals surface area contributed by atoms with Gasteiger partial charge in [0.2, 0.25) is 0 Å². The number of carbonyl (C=O) groups is 1. The summed E-state index contributed by atoms with van der Waals surface area (Å²) in [4.78, 5) is 11.2. The van der Waals surface area contributed by atoms with E-state index in [9.17, 15) is 13.2 Å². The third-order valence-corrected chi connectivity index (χ3v) is 5.07. The molecule has 0 bridgehead atoms. The van der Waals surface area contributed by atoms with Crippen LogP contribution in [0.1, 0.15) is 11.1 Å². The average Bonchev–Trinajstić information content (AvgIpc) is 2.56. The summed E-state index contributed by atoms with van der Waals surface area (Å²) in [5.41, 5.74) is 1.74. The number of carbonyl (C=O) groups excluding carboxylic acids is 1. The van der Waals surface area contributed by atoms with E-state index in [-0.39, 0.29) is 11.5 Å². The summed E-state index contributed by atoms with van der Waals surface area (Å²) < 4.78 is 37.5. The standard InChI is InChI=1S/C17H18ClNO5S/c1-11-4-5-13(18)9-15(11)19-25(21,22)14-6-7-16(12(2)8-14)24-10-17(20)23-3/h4-9,19H,10H2,1-3H3. The minimum atomic E-state index is -3.78. The summed E-state index contributed by atoms with van der Waals surface area (Å²) in [7, 11) is -2.52. The zero-order valence-corrected chi connectivity index (χ0v) is 15.6. The van der Waals surface area contributed by atoms with Crippen molar-refractivity contribution in [2.24, 2.45) is 0 Å². The van der Waals surface area contributed by atoms with Crippen molar-refractivity contribution in [3.05, 3.63) is 52.5 Å². The topological polar surface area (TPSA) is 81.7 Å². The molecule has 25 heavy (non-hydrogen) atoms. The summed E-state index contributed by atoms with van der Waals surface area (Å²) in [5, 5.41) is 0.436. The predicted molar refractivity (Wildman–Crippen MR) is 95.7 cm³/mol. The van der Waals surface area contributed by atoms with Crippen LogP contribution in [0.2, 0.25) is 5.02 Å². The second-order valence-corrected chi connectivity index (χ2v) is 7.48. The first-order valence-electron chi connectivity index (χ1n) is 7.32. The van der Waals surface area contributed by atoms with Crippen molar-refractivity contribution in [3.8, 4) is 5.75 Å². The van der Waals surface area contributed by atoms with Crippen LogP contribution in [0.4, 0.5) is 5.69 Å². The number of halogens is 1. The number of nitrogens with one attached hydrogen (secondary N) is 1. The van der Waals surface area contributed by atoms with Crippen LogP contribution in [-0.4, -0.2) is 28.1 Å². The van der Waals surface area contributed by atoms with Crippen LogP contribution in [-0.2, 0) is 19.6 Å². The van der Waals surface area contributed by atoms with Crippen molar-refractivity contribution in [1.29, 1.82) is 0 Å². The number of sulfonamides is 1. The van der Waals surface area contributed by atoms with E-state index in [1.54, 1.807) is 32.0 Å². The molecule has 0 heterocycles. The van der Waals surface area contributed by atoms with Gasteiger partial charge >= 0.3 is 5.97 Å². The largest absolute Gasteiger partial charge is 0.482 e. The fraction of sp³-hybridized carbons (Fsp3) is 0.235. The zero-order chi connectivity index (χ0) is 18.6. The lowest BCUT2D eigenvalue weighted by Crippen LogP contribution is -2.15. The van der Waals surface area contributed by atoms with Crippen LogP contribution < -0.4 is 9.46 Å². The van der Waals surface area contributed by atoms with Crippen LogP contribution in [0.3, 0.4) is 0 Å². The van der Waals surface area contributed by atoms with Crippen molar-refractivity contribution in [3.63, 3.8) is 0 Å². The molecule has 2 aromatic carbocycles. The maximum atomic E-state index is 12.6. The Morgan fingerprint density at radius 3 is 2.48 bits per heavy atom. The number of hydrogen-bond acceptors (Lipinski definition) is 5. The molecule has 0 saturated heterocycles. The molecule has 0 fully saturated rings. The highest BCUT2D eigenvalue weighted by Gasteiger charge is 2.17. The molecular formula is C17H18ClNO5S. The lowest BCUT2D eigenvalue weighted by Gasteiger charge is -2.13. The molecule has 0 saturated carbocycles. The van der Waals surface area contributed by atoms with Gasteiger partial charge in [0.15, 0.2) is 6.61 Å². The van der Waals surface area contributed by atoms with Crippen molar-refractivity contribution in [1.82, 2.24) is 0 Å². The van der Waals surface area contributed by atoms with Crippen molar-refractivity contribution in [2.75, 3.05) is 18.4 Å². The van der Waals surface area contributed by atoms with Gasteiger partial charge in [-0.3, -0.25) is 4.72 Å². The number of esters is 1. The Hall–Kier alpha value is -2.25. The number of ether oxygens (including phenoxy) is 2. The van der Waals surface area contributed by atoms with E-state index in [1.807, 2.05) is 0 Å². The average molecular weight is 384 g/mol.